The number of rotatable bonds is 5. The van der Waals surface area contributed by atoms with E-state index in [1.807, 2.05) is 0 Å². The maximum absolute atomic E-state index is 3.89. The number of benzene rings is 1. The van der Waals surface area contributed by atoms with E-state index < -0.39 is 0 Å². The number of likely N-dealkylation sites (tertiary alicyclic amines) is 1. The molecule has 2 heteroatoms. The molecule has 0 amide bonds. The van der Waals surface area contributed by atoms with Gasteiger partial charge in [0.15, 0.2) is 0 Å². The van der Waals surface area contributed by atoms with Crippen LogP contribution in [0.15, 0.2) is 30.3 Å². The fraction of sp³-hybridized carbons (Fsp3) is 0.684. The molecule has 3 unspecified atom stereocenters. The van der Waals surface area contributed by atoms with Gasteiger partial charge in [-0.2, -0.15) is 0 Å². The minimum Gasteiger partial charge on any atom is -0.311 e. The van der Waals surface area contributed by atoms with Gasteiger partial charge in [-0.1, -0.05) is 51.1 Å². The fourth-order valence-electron chi connectivity index (χ4n) is 3.80. The standard InChI is InChI=1S/C19H32N2/c1-15-14-21(5)12-11-18(15)20-16(2)13-19(3,4)17-9-7-6-8-10-17/h6-10,15-16,18,20H,11-14H2,1-5H3. The van der Waals surface area contributed by atoms with Gasteiger partial charge in [0, 0.05) is 18.6 Å². The largest absolute Gasteiger partial charge is 0.311 e. The molecule has 0 radical (unpaired) electrons. The molecule has 1 aliphatic rings. The zero-order valence-electron chi connectivity index (χ0n) is 14.4. The summed E-state index contributed by atoms with van der Waals surface area (Å²) >= 11 is 0. The number of nitrogens with zero attached hydrogens (tertiary/aromatic N) is 1. The molecule has 21 heavy (non-hydrogen) atoms. The first-order valence-corrected chi connectivity index (χ1v) is 8.38. The molecular weight excluding hydrogens is 256 g/mol. The zero-order valence-corrected chi connectivity index (χ0v) is 14.4. The molecule has 1 aliphatic heterocycles. The molecule has 118 valence electrons. The first-order chi connectivity index (χ1) is 9.88. The Hall–Kier alpha value is -0.860. The summed E-state index contributed by atoms with van der Waals surface area (Å²) in [6, 6.07) is 12.1. The van der Waals surface area contributed by atoms with Crippen molar-refractivity contribution in [3.05, 3.63) is 35.9 Å². The van der Waals surface area contributed by atoms with Gasteiger partial charge in [-0.15, -0.1) is 0 Å². The molecule has 1 heterocycles. The number of hydrogen-bond donors (Lipinski definition) is 1. The molecule has 0 bridgehead atoms. The van der Waals surface area contributed by atoms with Gasteiger partial charge >= 0.3 is 0 Å². The zero-order chi connectivity index (χ0) is 15.5. The van der Waals surface area contributed by atoms with Crippen molar-refractivity contribution >= 4 is 0 Å². The van der Waals surface area contributed by atoms with Crippen LogP contribution in [0.2, 0.25) is 0 Å². The van der Waals surface area contributed by atoms with Crippen molar-refractivity contribution < 1.29 is 0 Å². The van der Waals surface area contributed by atoms with Crippen LogP contribution in [0.1, 0.15) is 46.1 Å². The van der Waals surface area contributed by atoms with Crippen LogP contribution in [0.25, 0.3) is 0 Å². The average molecular weight is 288 g/mol. The Morgan fingerprint density at radius 2 is 1.95 bits per heavy atom. The van der Waals surface area contributed by atoms with E-state index in [1.165, 1.54) is 31.5 Å². The highest BCUT2D eigenvalue weighted by Gasteiger charge is 2.28. The molecule has 0 aliphatic carbocycles. The molecule has 0 saturated carbocycles. The minimum absolute atomic E-state index is 0.225. The van der Waals surface area contributed by atoms with Gasteiger partial charge in [0.1, 0.15) is 0 Å². The van der Waals surface area contributed by atoms with Crippen molar-refractivity contribution in [2.75, 3.05) is 20.1 Å². The number of nitrogens with one attached hydrogen (secondary N) is 1. The second-order valence-electron chi connectivity index (χ2n) is 7.66. The Kier molecular flexibility index (Phi) is 5.45. The van der Waals surface area contributed by atoms with Crippen LogP contribution in [-0.2, 0) is 5.41 Å². The monoisotopic (exact) mass is 288 g/mol. The van der Waals surface area contributed by atoms with E-state index in [9.17, 15) is 0 Å². The SMILES string of the molecule is CC(CC(C)(C)c1ccccc1)NC1CCN(C)CC1C. The van der Waals surface area contributed by atoms with Crippen LogP contribution >= 0.6 is 0 Å². The van der Waals surface area contributed by atoms with E-state index in [1.54, 1.807) is 0 Å². The molecule has 1 saturated heterocycles. The van der Waals surface area contributed by atoms with Crippen LogP contribution in [0.4, 0.5) is 0 Å². The Morgan fingerprint density at radius 3 is 2.57 bits per heavy atom. The predicted octanol–water partition coefficient (Wildman–Crippen LogP) is 3.67. The lowest BCUT2D eigenvalue weighted by Crippen LogP contribution is -2.50. The van der Waals surface area contributed by atoms with E-state index >= 15 is 0 Å². The van der Waals surface area contributed by atoms with Crippen LogP contribution in [0.5, 0.6) is 0 Å². The minimum atomic E-state index is 0.225. The van der Waals surface area contributed by atoms with Crippen molar-refractivity contribution in [1.29, 1.82) is 0 Å². The molecule has 2 rings (SSSR count). The third-order valence-electron chi connectivity index (χ3n) is 4.98. The molecular formula is C19H32N2. The summed E-state index contributed by atoms with van der Waals surface area (Å²) in [5.74, 6) is 0.742. The summed E-state index contributed by atoms with van der Waals surface area (Å²) in [6.07, 6.45) is 2.45. The van der Waals surface area contributed by atoms with Gasteiger partial charge in [-0.3, -0.25) is 0 Å². The quantitative estimate of drug-likeness (QED) is 0.889. The van der Waals surface area contributed by atoms with Crippen molar-refractivity contribution in [2.24, 2.45) is 5.92 Å². The Labute approximate surface area is 130 Å². The van der Waals surface area contributed by atoms with Gasteiger partial charge in [0.25, 0.3) is 0 Å². The summed E-state index contributed by atoms with van der Waals surface area (Å²) in [7, 11) is 2.23. The fourth-order valence-corrected chi connectivity index (χ4v) is 3.80. The topological polar surface area (TPSA) is 15.3 Å². The van der Waals surface area contributed by atoms with Gasteiger partial charge in [0.2, 0.25) is 0 Å². The van der Waals surface area contributed by atoms with E-state index in [0.717, 1.165) is 5.92 Å². The summed E-state index contributed by atoms with van der Waals surface area (Å²) in [4.78, 5) is 2.45. The molecule has 1 aromatic rings. The molecule has 0 aromatic heterocycles. The van der Waals surface area contributed by atoms with E-state index in [2.05, 4.69) is 75.3 Å². The maximum atomic E-state index is 3.89. The molecule has 1 aromatic carbocycles. The maximum Gasteiger partial charge on any atom is 0.0119 e. The first kappa shape index (κ1) is 16.5. The van der Waals surface area contributed by atoms with Crippen molar-refractivity contribution in [3.8, 4) is 0 Å². The van der Waals surface area contributed by atoms with E-state index in [4.69, 9.17) is 0 Å². The lowest BCUT2D eigenvalue weighted by atomic mass is 9.79. The number of piperidine rings is 1. The molecule has 2 nitrogen and oxygen atoms in total. The molecule has 1 fully saturated rings. The summed E-state index contributed by atoms with van der Waals surface area (Å²) in [5.41, 5.74) is 1.66. The lowest BCUT2D eigenvalue weighted by Gasteiger charge is -2.38. The predicted molar refractivity (Wildman–Crippen MR) is 91.7 cm³/mol. The first-order valence-electron chi connectivity index (χ1n) is 8.38. The van der Waals surface area contributed by atoms with Gasteiger partial charge < -0.3 is 10.2 Å². The Morgan fingerprint density at radius 1 is 1.29 bits per heavy atom. The van der Waals surface area contributed by atoms with Crippen LogP contribution in [-0.4, -0.2) is 37.1 Å². The molecule has 0 spiro atoms. The van der Waals surface area contributed by atoms with Crippen molar-refractivity contribution in [1.82, 2.24) is 10.2 Å². The van der Waals surface area contributed by atoms with Gasteiger partial charge in [-0.05, 0) is 50.3 Å². The average Bonchev–Trinajstić information content (AvgIpc) is 2.42. The molecule has 1 N–H and O–H groups in total. The molecule has 3 atom stereocenters. The van der Waals surface area contributed by atoms with Gasteiger partial charge in [-0.25, -0.2) is 0 Å². The summed E-state index contributed by atoms with van der Waals surface area (Å²) < 4.78 is 0. The Balaban J connectivity index is 1.91. The highest BCUT2D eigenvalue weighted by Crippen LogP contribution is 2.28. The number of hydrogen-bond acceptors (Lipinski definition) is 2. The van der Waals surface area contributed by atoms with Crippen molar-refractivity contribution in [3.63, 3.8) is 0 Å². The highest BCUT2D eigenvalue weighted by molar-refractivity contribution is 5.23. The second kappa shape index (κ2) is 6.93. The van der Waals surface area contributed by atoms with E-state index in [-0.39, 0.29) is 5.41 Å². The third-order valence-corrected chi connectivity index (χ3v) is 4.98. The van der Waals surface area contributed by atoms with Crippen LogP contribution in [0.3, 0.4) is 0 Å². The van der Waals surface area contributed by atoms with Gasteiger partial charge in [0.05, 0.1) is 0 Å². The Bertz CT molecular complexity index is 426. The normalized spacial score (nSPS) is 25.8. The van der Waals surface area contributed by atoms with Crippen LogP contribution < -0.4 is 5.32 Å². The van der Waals surface area contributed by atoms with Crippen LogP contribution in [0, 0.1) is 5.92 Å². The smallest absolute Gasteiger partial charge is 0.0119 e. The summed E-state index contributed by atoms with van der Waals surface area (Å²) in [5, 5.41) is 3.89. The summed E-state index contributed by atoms with van der Waals surface area (Å²) in [6.45, 7) is 11.9. The van der Waals surface area contributed by atoms with E-state index in [0.29, 0.717) is 12.1 Å². The second-order valence-corrected chi connectivity index (χ2v) is 7.66. The van der Waals surface area contributed by atoms with Crippen molar-refractivity contribution in [2.45, 2.75) is 58.0 Å². The third kappa shape index (κ3) is 4.55. The highest BCUT2D eigenvalue weighted by atomic mass is 15.1. The lowest BCUT2D eigenvalue weighted by molar-refractivity contribution is 0.163.